The number of methoxy groups -OCH3 is 1. The zero-order chi connectivity index (χ0) is 21.0. The molecule has 3 rings (SSSR count). The first-order chi connectivity index (χ1) is 13.9. The molecule has 1 aliphatic heterocycles. The molecule has 0 saturated carbocycles. The van der Waals surface area contributed by atoms with Crippen molar-refractivity contribution in [1.29, 1.82) is 0 Å². The number of benzene rings is 2. The SMILES string of the molecule is COc1cc(C(=O)C(=O)COCCCc2cc(O)c(O)c(O)c2)cc2c1OCO2. The van der Waals surface area contributed by atoms with Crippen molar-refractivity contribution in [3.05, 3.63) is 35.4 Å². The van der Waals surface area contributed by atoms with Crippen LogP contribution in [0, 0.1) is 0 Å². The van der Waals surface area contributed by atoms with E-state index in [1.54, 1.807) is 0 Å². The number of fused-ring (bicyclic) bond motifs is 1. The third-order valence-corrected chi connectivity index (χ3v) is 4.29. The van der Waals surface area contributed by atoms with E-state index in [2.05, 4.69) is 0 Å². The maximum atomic E-state index is 12.3. The van der Waals surface area contributed by atoms with Gasteiger partial charge < -0.3 is 34.3 Å². The van der Waals surface area contributed by atoms with Gasteiger partial charge in [0.05, 0.1) is 7.11 Å². The van der Waals surface area contributed by atoms with Crippen LogP contribution in [-0.2, 0) is 16.0 Å². The molecule has 1 aliphatic rings. The molecule has 2 aromatic carbocycles. The summed E-state index contributed by atoms with van der Waals surface area (Å²) in [6.45, 7) is -0.190. The fourth-order valence-electron chi connectivity index (χ4n) is 2.84. The van der Waals surface area contributed by atoms with Gasteiger partial charge in [0, 0.05) is 12.2 Å². The topological polar surface area (TPSA) is 132 Å². The number of hydrogen-bond donors (Lipinski definition) is 3. The summed E-state index contributed by atoms with van der Waals surface area (Å²) in [5.41, 5.74) is 0.714. The van der Waals surface area contributed by atoms with Crippen LogP contribution in [0.4, 0.5) is 0 Å². The monoisotopic (exact) mass is 404 g/mol. The highest BCUT2D eigenvalue weighted by atomic mass is 16.7. The normalized spacial score (nSPS) is 12.0. The van der Waals surface area contributed by atoms with Gasteiger partial charge in [-0.3, -0.25) is 9.59 Å². The molecule has 154 valence electrons. The average molecular weight is 404 g/mol. The maximum absolute atomic E-state index is 12.3. The molecule has 0 amide bonds. The Bertz CT molecular complexity index is 913. The van der Waals surface area contributed by atoms with Crippen molar-refractivity contribution < 1.29 is 43.9 Å². The lowest BCUT2D eigenvalue weighted by atomic mass is 10.1. The Labute approximate surface area is 166 Å². The first kappa shape index (κ1) is 20.3. The zero-order valence-electron chi connectivity index (χ0n) is 15.6. The first-order valence-corrected chi connectivity index (χ1v) is 8.77. The summed E-state index contributed by atoms with van der Waals surface area (Å²) in [5.74, 6) is -1.82. The average Bonchev–Trinajstić information content (AvgIpc) is 3.18. The zero-order valence-corrected chi connectivity index (χ0v) is 15.6. The Kier molecular flexibility index (Phi) is 6.08. The molecule has 0 bridgehead atoms. The predicted molar refractivity (Wildman–Crippen MR) is 99.0 cm³/mol. The Morgan fingerprint density at radius 1 is 1.07 bits per heavy atom. The van der Waals surface area contributed by atoms with Crippen LogP contribution in [0.1, 0.15) is 22.3 Å². The Hall–Kier alpha value is -3.46. The summed E-state index contributed by atoms with van der Waals surface area (Å²) in [4.78, 5) is 24.5. The molecule has 1 heterocycles. The molecule has 29 heavy (non-hydrogen) atoms. The fourth-order valence-corrected chi connectivity index (χ4v) is 2.84. The van der Waals surface area contributed by atoms with E-state index in [-0.39, 0.29) is 25.6 Å². The van der Waals surface area contributed by atoms with Gasteiger partial charge in [-0.25, -0.2) is 0 Å². The number of phenols is 3. The standard InChI is InChI=1S/C20H20O9/c1-26-16-7-12(8-17-20(16)29-10-28-17)18(24)15(23)9-27-4-2-3-11-5-13(21)19(25)14(22)6-11/h5-8,21-22,25H,2-4,9-10H2,1H3. The number of carbonyl (C=O) groups excluding carboxylic acids is 2. The van der Waals surface area contributed by atoms with Crippen molar-refractivity contribution in [2.24, 2.45) is 0 Å². The van der Waals surface area contributed by atoms with Gasteiger partial charge in [-0.15, -0.1) is 0 Å². The minimum absolute atomic E-state index is 0.0109. The molecule has 0 radical (unpaired) electrons. The molecule has 0 fully saturated rings. The van der Waals surface area contributed by atoms with Crippen LogP contribution in [0.5, 0.6) is 34.5 Å². The molecule has 0 atom stereocenters. The number of ether oxygens (including phenoxy) is 4. The van der Waals surface area contributed by atoms with E-state index in [0.29, 0.717) is 35.7 Å². The number of aryl methyl sites for hydroxylation is 1. The quantitative estimate of drug-likeness (QED) is 0.248. The summed E-state index contributed by atoms with van der Waals surface area (Å²) in [6.07, 6.45) is 0.909. The smallest absolute Gasteiger partial charge is 0.231 e. The van der Waals surface area contributed by atoms with Crippen LogP contribution < -0.4 is 14.2 Å². The van der Waals surface area contributed by atoms with Crippen LogP contribution in [-0.4, -0.2) is 54.0 Å². The van der Waals surface area contributed by atoms with Crippen LogP contribution in [0.3, 0.4) is 0 Å². The van der Waals surface area contributed by atoms with E-state index in [0.717, 1.165) is 0 Å². The van der Waals surface area contributed by atoms with Gasteiger partial charge in [-0.1, -0.05) is 0 Å². The third kappa shape index (κ3) is 4.52. The second kappa shape index (κ2) is 8.70. The van der Waals surface area contributed by atoms with Crippen molar-refractivity contribution in [1.82, 2.24) is 0 Å². The molecule has 3 N–H and O–H groups in total. The molecule has 2 aromatic rings. The van der Waals surface area contributed by atoms with Crippen LogP contribution in [0.25, 0.3) is 0 Å². The fraction of sp³-hybridized carbons (Fsp3) is 0.300. The summed E-state index contributed by atoms with van der Waals surface area (Å²) in [6, 6.07) is 5.50. The van der Waals surface area contributed by atoms with Crippen molar-refractivity contribution in [2.75, 3.05) is 27.1 Å². The number of rotatable bonds is 9. The summed E-state index contributed by atoms with van der Waals surface area (Å²) < 4.78 is 20.9. The van der Waals surface area contributed by atoms with Crippen LogP contribution in [0.15, 0.2) is 24.3 Å². The molecule has 0 aromatic heterocycles. The number of aromatic hydroxyl groups is 3. The van der Waals surface area contributed by atoms with E-state index in [9.17, 15) is 24.9 Å². The highest BCUT2D eigenvalue weighted by Crippen LogP contribution is 2.42. The van der Waals surface area contributed by atoms with Crippen LogP contribution in [0.2, 0.25) is 0 Å². The van der Waals surface area contributed by atoms with Gasteiger partial charge in [-0.05, 0) is 42.7 Å². The minimum atomic E-state index is -0.727. The van der Waals surface area contributed by atoms with Gasteiger partial charge in [0.15, 0.2) is 28.7 Å². The maximum Gasteiger partial charge on any atom is 0.231 e. The van der Waals surface area contributed by atoms with E-state index in [4.69, 9.17) is 18.9 Å². The molecular weight excluding hydrogens is 384 g/mol. The molecule has 0 spiro atoms. The second-order valence-electron chi connectivity index (χ2n) is 6.30. The molecule has 0 saturated heterocycles. The Morgan fingerprint density at radius 3 is 2.48 bits per heavy atom. The van der Waals surface area contributed by atoms with Gasteiger partial charge in [0.2, 0.25) is 24.1 Å². The van der Waals surface area contributed by atoms with Crippen molar-refractivity contribution >= 4 is 11.6 Å². The highest BCUT2D eigenvalue weighted by Gasteiger charge is 2.25. The van der Waals surface area contributed by atoms with E-state index in [1.807, 2.05) is 0 Å². The Balaban J connectivity index is 1.49. The van der Waals surface area contributed by atoms with E-state index < -0.39 is 28.8 Å². The lowest BCUT2D eigenvalue weighted by Gasteiger charge is -2.08. The number of Topliss-reactive ketones (excluding diaryl/α,β-unsaturated/α-hetero) is 2. The van der Waals surface area contributed by atoms with Crippen LogP contribution >= 0.6 is 0 Å². The number of hydrogen-bond acceptors (Lipinski definition) is 9. The predicted octanol–water partition coefficient (Wildman–Crippen LogP) is 1.94. The second-order valence-corrected chi connectivity index (χ2v) is 6.30. The first-order valence-electron chi connectivity index (χ1n) is 8.77. The number of phenolic OH excluding ortho intramolecular Hbond substituents is 3. The van der Waals surface area contributed by atoms with Crippen molar-refractivity contribution in [2.45, 2.75) is 12.8 Å². The van der Waals surface area contributed by atoms with Crippen molar-refractivity contribution in [3.8, 4) is 34.5 Å². The van der Waals surface area contributed by atoms with E-state index in [1.165, 1.54) is 31.4 Å². The minimum Gasteiger partial charge on any atom is -0.504 e. The largest absolute Gasteiger partial charge is 0.504 e. The van der Waals surface area contributed by atoms with Gasteiger partial charge in [0.25, 0.3) is 0 Å². The van der Waals surface area contributed by atoms with Crippen molar-refractivity contribution in [3.63, 3.8) is 0 Å². The van der Waals surface area contributed by atoms with Gasteiger partial charge in [-0.2, -0.15) is 0 Å². The molecular formula is C20H20O9. The number of carbonyl (C=O) groups is 2. The third-order valence-electron chi connectivity index (χ3n) is 4.29. The molecule has 0 aliphatic carbocycles. The van der Waals surface area contributed by atoms with Gasteiger partial charge in [0.1, 0.15) is 6.61 Å². The lowest BCUT2D eigenvalue weighted by molar-refractivity contribution is -0.119. The lowest BCUT2D eigenvalue weighted by Crippen LogP contribution is -2.20. The van der Waals surface area contributed by atoms with E-state index >= 15 is 0 Å². The Morgan fingerprint density at radius 2 is 1.79 bits per heavy atom. The molecule has 9 nitrogen and oxygen atoms in total. The molecule has 0 unspecified atom stereocenters. The number of ketones is 2. The summed E-state index contributed by atoms with van der Waals surface area (Å²) in [7, 11) is 1.42. The molecule has 9 heteroatoms. The highest BCUT2D eigenvalue weighted by molar-refractivity contribution is 6.44. The summed E-state index contributed by atoms with van der Waals surface area (Å²) >= 11 is 0. The summed E-state index contributed by atoms with van der Waals surface area (Å²) in [5, 5.41) is 28.3. The van der Waals surface area contributed by atoms with Gasteiger partial charge >= 0.3 is 0 Å².